The minimum atomic E-state index is -0.826. The SMILES string of the molecule is Clc1cc2ccccc2[cH-]1.Pc1ccccc1.[Cl][Zr+2][Cl].c1ccc2[cH-]ccc2c1. The summed E-state index contributed by atoms with van der Waals surface area (Å²) in [5, 5.41) is 7.15. The van der Waals surface area contributed by atoms with E-state index in [-0.39, 0.29) is 0 Å². The van der Waals surface area contributed by atoms with Gasteiger partial charge < -0.3 is 0 Å². The van der Waals surface area contributed by atoms with E-state index in [0.29, 0.717) is 0 Å². The second-order valence-corrected chi connectivity index (χ2v) is 10.8. The van der Waals surface area contributed by atoms with Crippen molar-refractivity contribution in [2.75, 3.05) is 0 Å². The summed E-state index contributed by atoms with van der Waals surface area (Å²) in [6.45, 7) is 0. The van der Waals surface area contributed by atoms with Crippen molar-refractivity contribution >= 4 is 64.7 Å². The van der Waals surface area contributed by atoms with Crippen LogP contribution in [0.25, 0.3) is 21.5 Å². The largest absolute Gasteiger partial charge is 0.168 e. The molecule has 0 saturated heterocycles. The summed E-state index contributed by atoms with van der Waals surface area (Å²) in [4.78, 5) is 0. The quantitative estimate of drug-likeness (QED) is 0.138. The first-order valence-corrected chi connectivity index (χ1v) is 16.1. The fourth-order valence-corrected chi connectivity index (χ4v) is 3.09. The van der Waals surface area contributed by atoms with Crippen LogP contribution >= 0.6 is 37.9 Å². The van der Waals surface area contributed by atoms with Crippen LogP contribution in [0.3, 0.4) is 0 Å². The van der Waals surface area contributed by atoms with Crippen molar-refractivity contribution in [1.82, 2.24) is 0 Å². The zero-order valence-electron chi connectivity index (χ0n) is 15.6. The van der Waals surface area contributed by atoms with Crippen molar-refractivity contribution in [3.63, 3.8) is 0 Å². The summed E-state index contributed by atoms with van der Waals surface area (Å²) >= 11 is 4.96. The Balaban J connectivity index is 0.000000147. The summed E-state index contributed by atoms with van der Waals surface area (Å²) in [5.41, 5.74) is 0. The second kappa shape index (κ2) is 14.1. The summed E-state index contributed by atoms with van der Waals surface area (Å²) < 4.78 is 0. The second-order valence-electron chi connectivity index (χ2n) is 5.94. The fraction of sp³-hybridized carbons (Fsp3) is 0. The van der Waals surface area contributed by atoms with Crippen molar-refractivity contribution in [1.29, 1.82) is 0 Å². The molecule has 0 bridgehead atoms. The average molecular weight is 537 g/mol. The average Bonchev–Trinajstić information content (AvgIpc) is 3.35. The Morgan fingerprint density at radius 1 is 0.690 bits per heavy atom. The van der Waals surface area contributed by atoms with Gasteiger partial charge in [0.15, 0.2) is 0 Å². The molecule has 5 aromatic carbocycles. The molecule has 0 aliphatic heterocycles. The number of fused-ring (bicyclic) bond motifs is 2. The third-order valence-electron chi connectivity index (χ3n) is 3.93. The molecule has 146 valence electrons. The van der Waals surface area contributed by atoms with Crippen LogP contribution < -0.4 is 5.30 Å². The Labute approximate surface area is 198 Å². The van der Waals surface area contributed by atoms with Crippen LogP contribution in [0.15, 0.2) is 109 Å². The number of hydrogen-bond acceptors (Lipinski definition) is 0. The topological polar surface area (TPSA) is 0 Å². The predicted molar refractivity (Wildman–Crippen MR) is 132 cm³/mol. The van der Waals surface area contributed by atoms with Crippen LogP contribution in [0, 0.1) is 0 Å². The molecule has 0 aliphatic carbocycles. The Morgan fingerprint density at radius 3 is 1.79 bits per heavy atom. The standard InChI is InChI=1S/C9H6Cl.C9H7.C6H7P.2ClH.Zr/c10-9-5-7-3-1-2-4-8(7)6-9;1-2-5-9-7-3-6-8(9)4-1;7-6-4-2-1-3-5-6;;;/h1-6H;1-7H;1-5H,7H2;2*1H;/q2*-1;;;;+4/p-2. The normalized spacial score (nSPS) is 9.24. The van der Waals surface area contributed by atoms with Gasteiger partial charge in [0, 0.05) is 0 Å². The summed E-state index contributed by atoms with van der Waals surface area (Å²) in [6.07, 6.45) is 0. The molecule has 0 radical (unpaired) electrons. The van der Waals surface area contributed by atoms with E-state index in [2.05, 4.69) is 63.8 Å². The van der Waals surface area contributed by atoms with Crippen LogP contribution in [-0.4, -0.2) is 0 Å². The molecule has 0 nitrogen and oxygen atoms in total. The molecule has 5 aromatic rings. The Hall–Kier alpha value is -0.937. The zero-order chi connectivity index (χ0) is 20.9. The van der Waals surface area contributed by atoms with Crippen LogP contribution in [0.5, 0.6) is 0 Å². The van der Waals surface area contributed by atoms with E-state index in [0.717, 1.165) is 5.02 Å². The molecule has 0 heterocycles. The van der Waals surface area contributed by atoms with Crippen LogP contribution in [-0.2, 0) is 20.8 Å². The first-order chi connectivity index (χ1) is 14.1. The van der Waals surface area contributed by atoms with Gasteiger partial charge in [-0.15, -0.1) is 91.6 Å². The maximum atomic E-state index is 5.78. The van der Waals surface area contributed by atoms with E-state index < -0.39 is 20.8 Å². The van der Waals surface area contributed by atoms with Gasteiger partial charge in [0.1, 0.15) is 0 Å². The minimum Gasteiger partial charge on any atom is -0.168 e. The molecule has 0 spiro atoms. The van der Waals surface area contributed by atoms with Gasteiger partial charge in [-0.3, -0.25) is 0 Å². The smallest absolute Gasteiger partial charge is 0.0809 e. The summed E-state index contributed by atoms with van der Waals surface area (Å²) in [5.74, 6) is 0. The molecule has 0 saturated carbocycles. The molecule has 5 rings (SSSR count). The molecule has 5 heteroatoms. The van der Waals surface area contributed by atoms with Gasteiger partial charge in [-0.05, 0) is 10.3 Å². The Bertz CT molecular complexity index is 1020. The molecule has 1 unspecified atom stereocenters. The van der Waals surface area contributed by atoms with Crippen LogP contribution in [0.2, 0.25) is 5.02 Å². The molecular weight excluding hydrogens is 517 g/mol. The number of halogens is 3. The molecule has 0 aromatic heterocycles. The molecule has 0 amide bonds. The fourth-order valence-electron chi connectivity index (χ4n) is 2.64. The van der Waals surface area contributed by atoms with Crippen molar-refractivity contribution < 1.29 is 20.8 Å². The Morgan fingerprint density at radius 2 is 1.24 bits per heavy atom. The van der Waals surface area contributed by atoms with E-state index in [9.17, 15) is 0 Å². The van der Waals surface area contributed by atoms with Gasteiger partial charge in [0.05, 0.1) is 0 Å². The monoisotopic (exact) mass is 534 g/mol. The van der Waals surface area contributed by atoms with Gasteiger partial charge in [0.2, 0.25) is 0 Å². The zero-order valence-corrected chi connectivity index (χ0v) is 21.5. The van der Waals surface area contributed by atoms with E-state index in [4.69, 9.17) is 28.6 Å². The van der Waals surface area contributed by atoms with Crippen LogP contribution in [0.1, 0.15) is 0 Å². The van der Waals surface area contributed by atoms with Crippen molar-refractivity contribution in [3.8, 4) is 0 Å². The number of rotatable bonds is 0. The summed E-state index contributed by atoms with van der Waals surface area (Å²) in [6, 6.07) is 36.9. The number of hydrogen-bond donors (Lipinski definition) is 0. The summed E-state index contributed by atoms with van der Waals surface area (Å²) in [7, 11) is 12.5. The van der Waals surface area contributed by atoms with Gasteiger partial charge in [-0.1, -0.05) is 42.5 Å². The van der Waals surface area contributed by atoms with Gasteiger partial charge in [-0.2, -0.15) is 17.5 Å². The Kier molecular flexibility index (Phi) is 11.9. The predicted octanol–water partition coefficient (Wildman–Crippen LogP) is 8.33. The minimum absolute atomic E-state index is 0.821. The molecule has 0 aliphatic rings. The molecule has 0 fully saturated rings. The van der Waals surface area contributed by atoms with Crippen molar-refractivity contribution in [2.24, 2.45) is 0 Å². The van der Waals surface area contributed by atoms with Crippen LogP contribution in [0.4, 0.5) is 0 Å². The maximum absolute atomic E-state index is 5.78. The molecular formula is C24H20Cl3PZr. The number of benzene rings is 3. The van der Waals surface area contributed by atoms with Gasteiger partial charge in [-0.25, -0.2) is 0 Å². The van der Waals surface area contributed by atoms with E-state index in [1.54, 1.807) is 0 Å². The third kappa shape index (κ3) is 9.17. The van der Waals surface area contributed by atoms with Crippen molar-refractivity contribution in [3.05, 3.63) is 114 Å². The van der Waals surface area contributed by atoms with Gasteiger partial charge in [0.25, 0.3) is 0 Å². The van der Waals surface area contributed by atoms with E-state index >= 15 is 0 Å². The van der Waals surface area contributed by atoms with Gasteiger partial charge >= 0.3 is 37.9 Å². The van der Waals surface area contributed by atoms with E-state index in [1.807, 2.05) is 54.6 Å². The van der Waals surface area contributed by atoms with E-state index in [1.165, 1.54) is 26.8 Å². The first kappa shape index (κ1) is 24.3. The molecule has 0 N–H and O–H groups in total. The maximum Gasteiger partial charge on any atom is -0.0809 e. The molecule has 1 atom stereocenters. The van der Waals surface area contributed by atoms with Crippen molar-refractivity contribution in [2.45, 2.75) is 0 Å². The first-order valence-electron chi connectivity index (χ1n) is 8.82. The third-order valence-corrected chi connectivity index (χ3v) is 4.53. The molecule has 29 heavy (non-hydrogen) atoms.